The second-order valence-corrected chi connectivity index (χ2v) is 11.0. The van der Waals surface area contributed by atoms with Gasteiger partial charge in [-0.2, -0.15) is 5.10 Å². The molecule has 12 heteroatoms. The van der Waals surface area contributed by atoms with Crippen LogP contribution in [0.4, 0.5) is 11.6 Å². The maximum absolute atomic E-state index is 12.5. The van der Waals surface area contributed by atoms with Crippen molar-refractivity contribution in [2.45, 2.75) is 45.8 Å². The van der Waals surface area contributed by atoms with Gasteiger partial charge in [0.05, 0.1) is 29.8 Å². The van der Waals surface area contributed by atoms with Gasteiger partial charge < -0.3 is 25.4 Å². The number of carboxylic acid groups (broad SMARTS) is 1. The number of carbonyl (C=O) groups is 3. The van der Waals surface area contributed by atoms with Gasteiger partial charge in [-0.25, -0.2) is 9.97 Å². The molecule has 4 aromatic rings. The minimum atomic E-state index is -1.05. The average molecular weight is 614 g/mol. The van der Waals surface area contributed by atoms with Gasteiger partial charge in [0.25, 0.3) is 5.91 Å². The molecule has 3 N–H and O–H groups in total. The second kappa shape index (κ2) is 15.6. The van der Waals surface area contributed by atoms with Gasteiger partial charge in [0.2, 0.25) is 11.9 Å². The Labute approximate surface area is 262 Å². The molecule has 1 aliphatic heterocycles. The molecule has 0 saturated carbocycles. The third kappa shape index (κ3) is 9.97. The Morgan fingerprint density at radius 1 is 1.09 bits per heavy atom. The van der Waals surface area contributed by atoms with Gasteiger partial charge in [-0.05, 0) is 62.6 Å². The van der Waals surface area contributed by atoms with Crippen molar-refractivity contribution < 1.29 is 24.2 Å². The molecule has 3 heterocycles. The first kappa shape index (κ1) is 32.8. The number of aromatic nitrogens is 4. The molecule has 236 valence electrons. The van der Waals surface area contributed by atoms with Gasteiger partial charge in [0.15, 0.2) is 0 Å². The number of ether oxygens (including phenoxy) is 1. The van der Waals surface area contributed by atoms with Crippen LogP contribution in [0.15, 0.2) is 73.2 Å². The number of benzene rings is 2. The van der Waals surface area contributed by atoms with Crippen LogP contribution < -0.4 is 10.6 Å². The Kier molecular flexibility index (Phi) is 11.4. The zero-order chi connectivity index (χ0) is 32.3. The van der Waals surface area contributed by atoms with Crippen LogP contribution in [0.1, 0.15) is 41.8 Å². The Hall–Kier alpha value is -5.10. The van der Waals surface area contributed by atoms with Gasteiger partial charge in [-0.1, -0.05) is 30.3 Å². The first-order valence-corrected chi connectivity index (χ1v) is 14.7. The lowest BCUT2D eigenvalue weighted by molar-refractivity contribution is -0.148. The molecule has 1 saturated heterocycles. The first-order chi connectivity index (χ1) is 21.6. The zero-order valence-corrected chi connectivity index (χ0v) is 25.9. The summed E-state index contributed by atoms with van der Waals surface area (Å²) in [5.41, 5.74) is 5.49. The topological polar surface area (TPSA) is 152 Å². The number of hydrogen-bond donors (Lipinski definition) is 3. The highest BCUT2D eigenvalue weighted by atomic mass is 16.5. The number of nitrogens with one attached hydrogen (secondary N) is 2. The number of carbonyl (C=O) groups excluding carboxylic acids is 2. The number of aliphatic carboxylic acids is 1. The van der Waals surface area contributed by atoms with E-state index in [1.54, 1.807) is 47.4 Å². The van der Waals surface area contributed by atoms with Crippen LogP contribution >= 0.6 is 0 Å². The number of amides is 2. The molecule has 2 amide bonds. The molecule has 2 aromatic heterocycles. The molecule has 1 aliphatic rings. The summed E-state index contributed by atoms with van der Waals surface area (Å²) in [6.07, 6.45) is 6.98. The fraction of sp³-hybridized carbons (Fsp3) is 0.333. The van der Waals surface area contributed by atoms with Crippen molar-refractivity contribution in [2.24, 2.45) is 7.05 Å². The maximum Gasteiger partial charge on any atom is 0.322 e. The molecule has 0 aliphatic carbocycles. The van der Waals surface area contributed by atoms with Crippen molar-refractivity contribution in [3.63, 3.8) is 0 Å². The summed E-state index contributed by atoms with van der Waals surface area (Å²) in [4.78, 5) is 44.6. The summed E-state index contributed by atoms with van der Waals surface area (Å²) in [7, 11) is 1.86. The average Bonchev–Trinajstić information content (AvgIpc) is 3.41. The van der Waals surface area contributed by atoms with Gasteiger partial charge in [-0.3, -0.25) is 19.1 Å². The quantitative estimate of drug-likeness (QED) is 0.228. The minimum absolute atomic E-state index is 0.186. The number of hydrogen-bond acceptors (Lipinski definition) is 8. The monoisotopic (exact) mass is 613 g/mol. The SMILES string of the molecule is Cc1cc(-c2ccnc(Nc3cnn(C)c3)n2)ccc1CCC(=O)N1CC(OC(C)C)C1.O=C(O)CNC(=O)c1ccccc1. The number of likely N-dealkylation sites (tertiary alicyclic amines) is 1. The maximum atomic E-state index is 12.5. The third-order valence-corrected chi connectivity index (χ3v) is 6.96. The standard InChI is InChI=1S/C24H30N6O2.C9H9NO3/c1-16(2)32-21-14-30(15-21)23(31)8-7-18-5-6-19(11-17(18)3)22-9-10-25-24(28-22)27-20-12-26-29(4)13-20;11-8(12)6-10-9(13)7-4-2-1-3-5-7/h5-6,9-13,16,21H,7-8,14-15H2,1-4H3,(H,25,27,28);1-5H,6H2,(H,10,13)(H,11,12). The van der Waals surface area contributed by atoms with E-state index in [4.69, 9.17) is 9.84 Å². The summed E-state index contributed by atoms with van der Waals surface area (Å²) in [6, 6.07) is 16.6. The smallest absolute Gasteiger partial charge is 0.322 e. The van der Waals surface area contributed by atoms with E-state index in [2.05, 4.69) is 50.8 Å². The molecule has 0 atom stereocenters. The van der Waals surface area contributed by atoms with Crippen LogP contribution in [-0.4, -0.2) is 79.4 Å². The van der Waals surface area contributed by atoms with Crippen molar-refractivity contribution in [3.8, 4) is 11.3 Å². The highest BCUT2D eigenvalue weighted by Crippen LogP contribution is 2.24. The number of nitrogens with zero attached hydrogens (tertiary/aromatic N) is 5. The van der Waals surface area contributed by atoms with Gasteiger partial charge in [0.1, 0.15) is 6.54 Å². The lowest BCUT2D eigenvalue weighted by Crippen LogP contribution is -2.55. The Bertz CT molecular complexity index is 1600. The van der Waals surface area contributed by atoms with Crippen LogP contribution in [0.25, 0.3) is 11.3 Å². The normalized spacial score (nSPS) is 12.6. The van der Waals surface area contributed by atoms with E-state index in [0.717, 1.165) is 28.9 Å². The molecule has 0 bridgehead atoms. The van der Waals surface area contributed by atoms with Crippen LogP contribution in [0.5, 0.6) is 0 Å². The Morgan fingerprint density at radius 3 is 2.49 bits per heavy atom. The summed E-state index contributed by atoms with van der Waals surface area (Å²) in [5, 5.41) is 17.9. The molecular weight excluding hydrogens is 574 g/mol. The van der Waals surface area contributed by atoms with E-state index in [-0.39, 0.29) is 30.6 Å². The molecule has 0 unspecified atom stereocenters. The van der Waals surface area contributed by atoms with Crippen molar-refractivity contribution in [3.05, 3.63) is 89.9 Å². The molecule has 5 rings (SSSR count). The molecule has 12 nitrogen and oxygen atoms in total. The largest absolute Gasteiger partial charge is 0.480 e. The summed E-state index contributed by atoms with van der Waals surface area (Å²) in [5.74, 6) is -0.705. The fourth-order valence-electron chi connectivity index (χ4n) is 4.69. The van der Waals surface area contributed by atoms with E-state index in [9.17, 15) is 14.4 Å². The molecule has 0 spiro atoms. The highest BCUT2D eigenvalue weighted by Gasteiger charge is 2.31. The number of anilines is 2. The van der Waals surface area contributed by atoms with Gasteiger partial charge in [0, 0.05) is 50.1 Å². The van der Waals surface area contributed by atoms with Crippen LogP contribution in [0, 0.1) is 6.92 Å². The summed E-state index contributed by atoms with van der Waals surface area (Å²) >= 11 is 0. The van der Waals surface area contributed by atoms with Crippen molar-refractivity contribution in [2.75, 3.05) is 25.0 Å². The number of aryl methyl sites for hydroxylation is 3. The van der Waals surface area contributed by atoms with Gasteiger partial charge >= 0.3 is 5.97 Å². The van der Waals surface area contributed by atoms with Crippen molar-refractivity contribution in [1.29, 1.82) is 0 Å². The summed E-state index contributed by atoms with van der Waals surface area (Å²) in [6.45, 7) is 7.19. The van der Waals surface area contributed by atoms with Crippen LogP contribution in [0.2, 0.25) is 0 Å². The van der Waals surface area contributed by atoms with Crippen molar-refractivity contribution >= 4 is 29.4 Å². The van der Waals surface area contributed by atoms with E-state index in [0.29, 0.717) is 31.0 Å². The first-order valence-electron chi connectivity index (χ1n) is 14.7. The van der Waals surface area contributed by atoms with E-state index in [1.807, 2.05) is 38.1 Å². The molecular formula is C33H39N7O5. The minimum Gasteiger partial charge on any atom is -0.480 e. The fourth-order valence-corrected chi connectivity index (χ4v) is 4.69. The Morgan fingerprint density at radius 2 is 1.84 bits per heavy atom. The van der Waals surface area contributed by atoms with Crippen LogP contribution in [-0.2, 0) is 27.8 Å². The summed E-state index contributed by atoms with van der Waals surface area (Å²) < 4.78 is 7.45. The van der Waals surface area contributed by atoms with E-state index < -0.39 is 5.97 Å². The predicted octanol–water partition coefficient (Wildman–Crippen LogP) is 4.00. The lowest BCUT2D eigenvalue weighted by atomic mass is 9.99. The second-order valence-electron chi connectivity index (χ2n) is 11.0. The van der Waals surface area contributed by atoms with Gasteiger partial charge in [-0.15, -0.1) is 0 Å². The molecule has 1 fully saturated rings. The van der Waals surface area contributed by atoms with Crippen LogP contribution in [0.3, 0.4) is 0 Å². The molecule has 0 radical (unpaired) electrons. The Balaban J connectivity index is 0.000000297. The lowest BCUT2D eigenvalue weighted by Gasteiger charge is -2.40. The molecule has 2 aromatic carbocycles. The van der Waals surface area contributed by atoms with Crippen molar-refractivity contribution in [1.82, 2.24) is 30.0 Å². The number of carboxylic acids is 1. The van der Waals surface area contributed by atoms with E-state index in [1.165, 1.54) is 5.56 Å². The predicted molar refractivity (Wildman–Crippen MR) is 170 cm³/mol. The number of rotatable bonds is 11. The highest BCUT2D eigenvalue weighted by molar-refractivity contribution is 5.95. The zero-order valence-electron chi connectivity index (χ0n) is 25.9. The molecule has 45 heavy (non-hydrogen) atoms. The third-order valence-electron chi connectivity index (χ3n) is 6.96. The van der Waals surface area contributed by atoms with E-state index >= 15 is 0 Å².